The van der Waals surface area contributed by atoms with Crippen molar-refractivity contribution in [3.8, 4) is 0 Å². The highest BCUT2D eigenvalue weighted by atomic mass is 16.4. The molecule has 4 atom stereocenters. The van der Waals surface area contributed by atoms with Crippen molar-refractivity contribution in [3.05, 3.63) is 69.8 Å². The molecular formula is C24H28O4. The Labute approximate surface area is 166 Å². The zero-order valence-electron chi connectivity index (χ0n) is 16.9. The van der Waals surface area contributed by atoms with Crippen molar-refractivity contribution in [2.45, 2.75) is 52.4 Å². The van der Waals surface area contributed by atoms with Gasteiger partial charge in [0.15, 0.2) is 0 Å². The van der Waals surface area contributed by atoms with E-state index in [0.717, 1.165) is 12.8 Å². The van der Waals surface area contributed by atoms with E-state index in [9.17, 15) is 9.59 Å². The molecule has 2 fully saturated rings. The predicted molar refractivity (Wildman–Crippen MR) is 109 cm³/mol. The molecule has 0 spiro atoms. The van der Waals surface area contributed by atoms with Gasteiger partial charge in [0.05, 0.1) is 11.8 Å². The maximum absolute atomic E-state index is 10.7. The van der Waals surface area contributed by atoms with Crippen LogP contribution in [0.5, 0.6) is 0 Å². The standard InChI is InChI=1S/2C12H14O2/c2*1-7-3-8(2)5-9(4-7)10-6-11(10)12(13)14/h2*3-5,10-11H,6H2,1-2H3,(H,13,14). The lowest BCUT2D eigenvalue weighted by molar-refractivity contribution is -0.139. The van der Waals surface area contributed by atoms with Crippen molar-refractivity contribution in [2.75, 3.05) is 0 Å². The van der Waals surface area contributed by atoms with E-state index in [1.807, 2.05) is 0 Å². The van der Waals surface area contributed by atoms with Gasteiger partial charge in [-0.1, -0.05) is 58.7 Å². The van der Waals surface area contributed by atoms with E-state index in [1.165, 1.54) is 33.4 Å². The number of aryl methyl sites for hydroxylation is 4. The third-order valence-electron chi connectivity index (χ3n) is 5.56. The number of benzene rings is 2. The van der Waals surface area contributed by atoms with Gasteiger partial charge in [0.25, 0.3) is 0 Å². The predicted octanol–water partition coefficient (Wildman–Crippen LogP) is 4.98. The van der Waals surface area contributed by atoms with Crippen LogP contribution in [-0.2, 0) is 9.59 Å². The van der Waals surface area contributed by atoms with Crippen LogP contribution < -0.4 is 0 Å². The van der Waals surface area contributed by atoms with Crippen LogP contribution in [-0.4, -0.2) is 22.2 Å². The van der Waals surface area contributed by atoms with Gasteiger partial charge in [-0.25, -0.2) is 0 Å². The maximum Gasteiger partial charge on any atom is 0.307 e. The molecule has 2 aliphatic carbocycles. The molecule has 0 saturated heterocycles. The van der Waals surface area contributed by atoms with E-state index in [1.54, 1.807) is 0 Å². The molecule has 2 saturated carbocycles. The fourth-order valence-corrected chi connectivity index (χ4v) is 4.12. The first-order valence-electron chi connectivity index (χ1n) is 9.77. The van der Waals surface area contributed by atoms with E-state index >= 15 is 0 Å². The quantitative estimate of drug-likeness (QED) is 0.784. The zero-order valence-corrected chi connectivity index (χ0v) is 16.9. The van der Waals surface area contributed by atoms with Gasteiger partial charge in [-0.05, 0) is 63.5 Å². The fraction of sp³-hybridized carbons (Fsp3) is 0.417. The van der Waals surface area contributed by atoms with Crippen LogP contribution in [0.1, 0.15) is 58.1 Å². The van der Waals surface area contributed by atoms with Gasteiger partial charge in [0.1, 0.15) is 0 Å². The van der Waals surface area contributed by atoms with Crippen molar-refractivity contribution < 1.29 is 19.8 Å². The Balaban J connectivity index is 0.000000161. The lowest BCUT2D eigenvalue weighted by atomic mass is 10.0. The first-order chi connectivity index (χ1) is 13.2. The number of carboxylic acids is 2. The summed E-state index contributed by atoms with van der Waals surface area (Å²) in [4.78, 5) is 21.4. The van der Waals surface area contributed by atoms with Crippen LogP contribution in [0.15, 0.2) is 36.4 Å². The molecule has 2 aromatic carbocycles. The van der Waals surface area contributed by atoms with Crippen molar-refractivity contribution in [1.82, 2.24) is 0 Å². The highest BCUT2D eigenvalue weighted by Crippen LogP contribution is 2.48. The lowest BCUT2D eigenvalue weighted by Crippen LogP contribution is -1.99. The molecule has 0 aliphatic heterocycles. The summed E-state index contributed by atoms with van der Waals surface area (Å²) in [6.07, 6.45) is 1.61. The molecule has 0 bridgehead atoms. The summed E-state index contributed by atoms with van der Waals surface area (Å²) in [5, 5.41) is 17.6. The SMILES string of the molecule is Cc1cc(C)cc(C2CC2C(=O)O)c1.Cc1cc(C)cc(C2CC2C(=O)O)c1. The van der Waals surface area contributed by atoms with Crippen LogP contribution in [0.3, 0.4) is 0 Å². The molecule has 4 rings (SSSR count). The van der Waals surface area contributed by atoms with Gasteiger partial charge in [-0.15, -0.1) is 0 Å². The fourth-order valence-electron chi connectivity index (χ4n) is 4.12. The zero-order chi connectivity index (χ0) is 20.6. The Morgan fingerprint density at radius 1 is 0.643 bits per heavy atom. The molecule has 0 aromatic heterocycles. The van der Waals surface area contributed by atoms with E-state index in [4.69, 9.17) is 10.2 Å². The molecule has 28 heavy (non-hydrogen) atoms. The molecule has 2 aromatic rings. The summed E-state index contributed by atoms with van der Waals surface area (Å²) in [7, 11) is 0. The van der Waals surface area contributed by atoms with E-state index < -0.39 is 11.9 Å². The highest BCUT2D eigenvalue weighted by Gasteiger charge is 2.44. The minimum atomic E-state index is -0.658. The smallest absolute Gasteiger partial charge is 0.307 e. The first-order valence-corrected chi connectivity index (χ1v) is 9.77. The van der Waals surface area contributed by atoms with Gasteiger partial charge in [0, 0.05) is 0 Å². The highest BCUT2D eigenvalue weighted by molar-refractivity contribution is 5.75. The molecule has 4 nitrogen and oxygen atoms in total. The van der Waals surface area contributed by atoms with E-state index in [-0.39, 0.29) is 23.7 Å². The minimum absolute atomic E-state index is 0.142. The first kappa shape index (κ1) is 20.1. The van der Waals surface area contributed by atoms with Gasteiger partial charge < -0.3 is 10.2 Å². The normalized spacial score (nSPS) is 24.7. The number of hydrogen-bond donors (Lipinski definition) is 2. The second kappa shape index (κ2) is 7.78. The summed E-state index contributed by atoms with van der Waals surface area (Å²) >= 11 is 0. The molecule has 4 unspecified atom stereocenters. The van der Waals surface area contributed by atoms with Gasteiger partial charge in [-0.2, -0.15) is 0 Å². The molecule has 148 valence electrons. The van der Waals surface area contributed by atoms with Crippen LogP contribution in [0.25, 0.3) is 0 Å². The van der Waals surface area contributed by atoms with Gasteiger partial charge in [0.2, 0.25) is 0 Å². The Bertz CT molecular complexity index is 799. The average molecular weight is 380 g/mol. The third kappa shape index (κ3) is 4.80. The molecule has 4 heteroatoms. The van der Waals surface area contributed by atoms with Crippen LogP contribution in [0, 0.1) is 39.5 Å². The monoisotopic (exact) mass is 380 g/mol. The minimum Gasteiger partial charge on any atom is -0.481 e. The molecule has 2 aliphatic rings. The third-order valence-corrected chi connectivity index (χ3v) is 5.56. The Morgan fingerprint density at radius 2 is 0.929 bits per heavy atom. The molecule has 0 amide bonds. The van der Waals surface area contributed by atoms with Gasteiger partial charge >= 0.3 is 11.9 Å². The van der Waals surface area contributed by atoms with Crippen LogP contribution in [0.2, 0.25) is 0 Å². The molecular weight excluding hydrogens is 352 g/mol. The number of aliphatic carboxylic acids is 2. The van der Waals surface area contributed by atoms with Crippen molar-refractivity contribution in [3.63, 3.8) is 0 Å². The number of rotatable bonds is 4. The van der Waals surface area contributed by atoms with Crippen LogP contribution >= 0.6 is 0 Å². The average Bonchev–Trinajstić information content (AvgIpc) is 3.45. The van der Waals surface area contributed by atoms with Gasteiger partial charge in [-0.3, -0.25) is 9.59 Å². The van der Waals surface area contributed by atoms with Crippen molar-refractivity contribution >= 4 is 11.9 Å². The Hall–Kier alpha value is -2.62. The summed E-state index contributed by atoms with van der Waals surface area (Å²) < 4.78 is 0. The topological polar surface area (TPSA) is 74.6 Å². The van der Waals surface area contributed by atoms with E-state index in [0.29, 0.717) is 0 Å². The number of hydrogen-bond acceptors (Lipinski definition) is 2. The van der Waals surface area contributed by atoms with Crippen molar-refractivity contribution in [1.29, 1.82) is 0 Å². The molecule has 0 heterocycles. The second-order valence-corrected chi connectivity index (χ2v) is 8.42. The Kier molecular flexibility index (Phi) is 5.59. The lowest BCUT2D eigenvalue weighted by Gasteiger charge is -2.03. The van der Waals surface area contributed by atoms with E-state index in [2.05, 4.69) is 64.1 Å². The largest absolute Gasteiger partial charge is 0.481 e. The van der Waals surface area contributed by atoms with Crippen LogP contribution in [0.4, 0.5) is 0 Å². The number of carbonyl (C=O) groups is 2. The summed E-state index contributed by atoms with van der Waals surface area (Å²) in [6, 6.07) is 12.6. The summed E-state index contributed by atoms with van der Waals surface area (Å²) in [6.45, 7) is 8.20. The summed E-state index contributed by atoms with van der Waals surface area (Å²) in [5.74, 6) is -1.09. The maximum atomic E-state index is 10.7. The second-order valence-electron chi connectivity index (χ2n) is 8.42. The molecule has 0 radical (unpaired) electrons. The number of carboxylic acid groups (broad SMARTS) is 2. The molecule has 2 N–H and O–H groups in total. The Morgan fingerprint density at radius 3 is 1.14 bits per heavy atom. The summed E-state index contributed by atoms with van der Waals surface area (Å²) in [5.41, 5.74) is 7.25. The van der Waals surface area contributed by atoms with Crippen molar-refractivity contribution in [2.24, 2.45) is 11.8 Å².